The maximum atomic E-state index is 12.6. The summed E-state index contributed by atoms with van der Waals surface area (Å²) in [6.45, 7) is 1.91. The third-order valence-electron chi connectivity index (χ3n) is 3.85. The van der Waals surface area contributed by atoms with Crippen LogP contribution in [0.1, 0.15) is 16.1 Å². The van der Waals surface area contributed by atoms with E-state index in [2.05, 4.69) is 20.4 Å². The van der Waals surface area contributed by atoms with Gasteiger partial charge in [-0.3, -0.25) is 14.7 Å². The topological polar surface area (TPSA) is 101 Å². The summed E-state index contributed by atoms with van der Waals surface area (Å²) >= 11 is 0. The van der Waals surface area contributed by atoms with Crippen molar-refractivity contribution in [1.82, 2.24) is 19.6 Å². The van der Waals surface area contributed by atoms with E-state index in [1.165, 1.54) is 6.33 Å². The highest BCUT2D eigenvalue weighted by Gasteiger charge is 2.15. The Balaban J connectivity index is 1.65. The fraction of sp³-hybridized carbons (Fsp3) is 0.0526. The molecule has 0 atom stereocenters. The second-order valence-corrected chi connectivity index (χ2v) is 5.87. The van der Waals surface area contributed by atoms with Gasteiger partial charge in [0.05, 0.1) is 5.69 Å². The number of amides is 1. The number of para-hydroxylation sites is 1. The van der Waals surface area contributed by atoms with Crippen LogP contribution in [0.25, 0.3) is 5.78 Å². The van der Waals surface area contributed by atoms with E-state index in [9.17, 15) is 9.59 Å². The molecule has 2 heterocycles. The molecule has 1 amide bonds. The number of anilines is 1. The molecule has 0 aliphatic rings. The summed E-state index contributed by atoms with van der Waals surface area (Å²) in [4.78, 5) is 32.7. The van der Waals surface area contributed by atoms with Crippen molar-refractivity contribution in [3.63, 3.8) is 0 Å². The van der Waals surface area contributed by atoms with Gasteiger partial charge in [0.15, 0.2) is 5.75 Å². The van der Waals surface area contributed by atoms with E-state index in [0.717, 1.165) is 16.1 Å². The van der Waals surface area contributed by atoms with Crippen LogP contribution in [-0.4, -0.2) is 25.5 Å². The summed E-state index contributed by atoms with van der Waals surface area (Å²) < 4.78 is 7.01. The molecule has 0 fully saturated rings. The number of H-pyrrole nitrogens is 1. The van der Waals surface area contributed by atoms with Crippen LogP contribution in [0.15, 0.2) is 65.7 Å². The molecule has 0 spiro atoms. The zero-order valence-corrected chi connectivity index (χ0v) is 14.3. The molecule has 4 aromatic rings. The smallest absolute Gasteiger partial charge is 0.274 e. The van der Waals surface area contributed by atoms with Gasteiger partial charge in [0, 0.05) is 6.07 Å². The number of aryl methyl sites for hydroxylation is 1. The fourth-order valence-electron chi connectivity index (χ4n) is 2.57. The van der Waals surface area contributed by atoms with Crippen molar-refractivity contribution in [3.8, 4) is 11.5 Å². The molecule has 2 N–H and O–H groups in total. The van der Waals surface area contributed by atoms with E-state index in [0.29, 0.717) is 17.2 Å². The highest BCUT2D eigenvalue weighted by atomic mass is 16.5. The second kappa shape index (κ2) is 6.75. The first-order valence-corrected chi connectivity index (χ1v) is 8.18. The van der Waals surface area contributed by atoms with E-state index in [4.69, 9.17) is 4.74 Å². The van der Waals surface area contributed by atoms with Crippen molar-refractivity contribution in [2.45, 2.75) is 6.92 Å². The first-order chi connectivity index (χ1) is 13.1. The van der Waals surface area contributed by atoms with Gasteiger partial charge in [-0.15, -0.1) is 0 Å². The minimum atomic E-state index is -0.527. The molecular formula is C19H15N5O3. The summed E-state index contributed by atoms with van der Waals surface area (Å²) in [7, 11) is 0. The molecule has 8 nitrogen and oxygen atoms in total. The van der Waals surface area contributed by atoms with E-state index >= 15 is 0 Å². The Morgan fingerprint density at radius 3 is 2.78 bits per heavy atom. The Bertz CT molecular complexity index is 1180. The monoisotopic (exact) mass is 361 g/mol. The van der Waals surface area contributed by atoms with Crippen molar-refractivity contribution < 1.29 is 9.53 Å². The maximum Gasteiger partial charge on any atom is 0.274 e. The number of benzene rings is 2. The van der Waals surface area contributed by atoms with Crippen molar-refractivity contribution in [2.24, 2.45) is 0 Å². The molecule has 0 aliphatic carbocycles. The number of nitrogens with zero attached hydrogens (tertiary/aromatic N) is 3. The second-order valence-electron chi connectivity index (χ2n) is 5.87. The first kappa shape index (κ1) is 16.5. The van der Waals surface area contributed by atoms with Gasteiger partial charge in [-0.05, 0) is 36.8 Å². The van der Waals surface area contributed by atoms with Crippen LogP contribution in [0.5, 0.6) is 11.5 Å². The van der Waals surface area contributed by atoms with Gasteiger partial charge in [-0.25, -0.2) is 9.97 Å². The normalized spacial score (nSPS) is 10.7. The lowest BCUT2D eigenvalue weighted by Gasteiger charge is -2.13. The number of nitrogens with one attached hydrogen (secondary N) is 2. The first-order valence-electron chi connectivity index (χ1n) is 8.18. The number of rotatable bonds is 4. The van der Waals surface area contributed by atoms with Crippen LogP contribution >= 0.6 is 0 Å². The van der Waals surface area contributed by atoms with Gasteiger partial charge >= 0.3 is 0 Å². The van der Waals surface area contributed by atoms with Crippen LogP contribution in [0.4, 0.5) is 5.69 Å². The molecule has 27 heavy (non-hydrogen) atoms. The van der Waals surface area contributed by atoms with E-state index < -0.39 is 11.5 Å². The molecule has 0 radical (unpaired) electrons. The summed E-state index contributed by atoms with van der Waals surface area (Å²) in [5, 5.41) is 5.39. The molecule has 8 heteroatoms. The molecule has 0 bridgehead atoms. The van der Waals surface area contributed by atoms with Crippen molar-refractivity contribution in [3.05, 3.63) is 82.5 Å². The number of aromatic amines is 1. The molecule has 0 aliphatic heterocycles. The molecule has 2 aromatic carbocycles. The van der Waals surface area contributed by atoms with Gasteiger partial charge in [-0.2, -0.15) is 4.52 Å². The van der Waals surface area contributed by atoms with Crippen LogP contribution in [0.3, 0.4) is 0 Å². The van der Waals surface area contributed by atoms with Crippen LogP contribution in [0.2, 0.25) is 0 Å². The van der Waals surface area contributed by atoms with Gasteiger partial charge < -0.3 is 10.1 Å². The highest BCUT2D eigenvalue weighted by Crippen LogP contribution is 2.30. The zero-order valence-electron chi connectivity index (χ0n) is 14.3. The Labute approximate surface area is 153 Å². The summed E-state index contributed by atoms with van der Waals surface area (Å²) in [5.74, 6) is 0.725. The SMILES string of the molecule is Cc1ccc(Oc2ccccc2)c(NC(=O)c2cc(=O)n3[nH]cnc3n2)c1. The molecule has 0 saturated heterocycles. The third-order valence-corrected chi connectivity index (χ3v) is 3.85. The lowest BCUT2D eigenvalue weighted by Crippen LogP contribution is -2.21. The summed E-state index contributed by atoms with van der Waals surface area (Å²) in [6.07, 6.45) is 1.33. The third kappa shape index (κ3) is 3.40. The number of carbonyl (C=O) groups is 1. The average Bonchev–Trinajstić information content (AvgIpc) is 3.14. The van der Waals surface area contributed by atoms with Gasteiger partial charge in [0.25, 0.3) is 17.2 Å². The number of carbonyl (C=O) groups excluding carboxylic acids is 1. The zero-order chi connectivity index (χ0) is 18.8. The number of hydrogen-bond acceptors (Lipinski definition) is 5. The predicted octanol–water partition coefficient (Wildman–Crippen LogP) is 2.77. The van der Waals surface area contributed by atoms with E-state index in [1.807, 2.05) is 43.3 Å². The van der Waals surface area contributed by atoms with Gasteiger partial charge in [0.2, 0.25) is 0 Å². The van der Waals surface area contributed by atoms with E-state index in [1.54, 1.807) is 12.1 Å². The largest absolute Gasteiger partial charge is 0.455 e. The van der Waals surface area contributed by atoms with Gasteiger partial charge in [-0.1, -0.05) is 24.3 Å². The van der Waals surface area contributed by atoms with Gasteiger partial charge in [0.1, 0.15) is 17.8 Å². The summed E-state index contributed by atoms with van der Waals surface area (Å²) in [5.41, 5.74) is 0.973. The Hall–Kier alpha value is -3.94. The summed E-state index contributed by atoms with van der Waals surface area (Å²) in [6, 6.07) is 15.8. The average molecular weight is 361 g/mol. The number of ether oxygens (including phenoxy) is 1. The van der Waals surface area contributed by atoms with Crippen LogP contribution in [-0.2, 0) is 0 Å². The lowest BCUT2D eigenvalue weighted by molar-refractivity contribution is 0.102. The lowest BCUT2D eigenvalue weighted by atomic mass is 10.2. The molecule has 4 rings (SSSR count). The number of hydrogen-bond donors (Lipinski definition) is 2. The quantitative estimate of drug-likeness (QED) is 0.582. The van der Waals surface area contributed by atoms with Crippen molar-refractivity contribution in [1.29, 1.82) is 0 Å². The minimum absolute atomic E-state index is 0.0285. The van der Waals surface area contributed by atoms with Crippen LogP contribution < -0.4 is 15.6 Å². The number of fused-ring (bicyclic) bond motifs is 1. The number of aromatic nitrogens is 4. The van der Waals surface area contributed by atoms with Crippen molar-refractivity contribution in [2.75, 3.05) is 5.32 Å². The molecule has 2 aromatic heterocycles. The standard InChI is InChI=1S/C19H15N5O3/c1-12-7-8-16(27-13-5-3-2-4-6-13)14(9-12)22-18(26)15-10-17(25)24-19(23-15)20-11-21-24/h2-11H,1H3,(H,22,26)(H,20,21,23). The Morgan fingerprint density at radius 2 is 1.96 bits per heavy atom. The molecular weight excluding hydrogens is 346 g/mol. The maximum absolute atomic E-state index is 12.6. The van der Waals surface area contributed by atoms with E-state index in [-0.39, 0.29) is 11.5 Å². The molecule has 134 valence electrons. The molecule has 0 unspecified atom stereocenters. The van der Waals surface area contributed by atoms with Crippen molar-refractivity contribution >= 4 is 17.4 Å². The molecule has 0 saturated carbocycles. The fourth-order valence-corrected chi connectivity index (χ4v) is 2.57. The minimum Gasteiger partial charge on any atom is -0.455 e. The highest BCUT2D eigenvalue weighted by molar-refractivity contribution is 6.03. The Kier molecular flexibility index (Phi) is 4.13. The predicted molar refractivity (Wildman–Crippen MR) is 99.3 cm³/mol. The van der Waals surface area contributed by atoms with Crippen LogP contribution in [0, 0.1) is 6.92 Å². The Morgan fingerprint density at radius 1 is 1.15 bits per heavy atom.